The molecule has 0 fully saturated rings. The van der Waals surface area contributed by atoms with E-state index in [0.717, 1.165) is 6.42 Å². The van der Waals surface area contributed by atoms with Crippen molar-refractivity contribution in [3.63, 3.8) is 0 Å². The van der Waals surface area contributed by atoms with Crippen molar-refractivity contribution in [1.29, 1.82) is 0 Å². The van der Waals surface area contributed by atoms with Crippen molar-refractivity contribution in [3.8, 4) is 0 Å². The highest BCUT2D eigenvalue weighted by Gasteiger charge is 2.39. The van der Waals surface area contributed by atoms with Crippen LogP contribution < -0.4 is 0 Å². The molecular weight excluding hydrogens is 204 g/mol. The minimum absolute atomic E-state index is 0.174. The molecule has 0 aliphatic carbocycles. The lowest BCUT2D eigenvalue weighted by atomic mass is 10.2. The Morgan fingerprint density at radius 2 is 1.80 bits per heavy atom. The zero-order valence-corrected chi connectivity index (χ0v) is 12.3. The van der Waals surface area contributed by atoms with E-state index in [1.807, 2.05) is 13.8 Å². The third-order valence-electron chi connectivity index (χ3n) is 3.23. The van der Waals surface area contributed by atoms with Crippen LogP contribution in [0.15, 0.2) is 0 Å². The second kappa shape index (κ2) is 5.26. The molecule has 2 nitrogen and oxygen atoms in total. The number of carbonyl (C=O) groups is 1. The molecule has 0 aromatic heterocycles. The van der Waals surface area contributed by atoms with Gasteiger partial charge in [-0.25, -0.2) is 0 Å². The molecule has 0 rings (SSSR count). The van der Waals surface area contributed by atoms with Crippen LogP contribution in [0.3, 0.4) is 0 Å². The molecule has 0 unspecified atom stereocenters. The summed E-state index contributed by atoms with van der Waals surface area (Å²) in [4.78, 5) is 11.6. The largest absolute Gasteiger partial charge is 0.407 e. The van der Waals surface area contributed by atoms with Gasteiger partial charge < -0.3 is 4.43 Å². The maximum absolute atomic E-state index is 11.6. The van der Waals surface area contributed by atoms with Crippen molar-refractivity contribution < 1.29 is 9.22 Å². The Balaban J connectivity index is 4.40. The summed E-state index contributed by atoms with van der Waals surface area (Å²) in [6.45, 7) is 14.9. The van der Waals surface area contributed by atoms with Gasteiger partial charge in [-0.05, 0) is 31.5 Å². The molecule has 90 valence electrons. The second-order valence-electron chi connectivity index (χ2n) is 5.74. The molecule has 0 saturated carbocycles. The predicted molar refractivity (Wildman–Crippen MR) is 67.7 cm³/mol. The van der Waals surface area contributed by atoms with Crippen LogP contribution in [0.1, 0.15) is 47.5 Å². The number of rotatable bonds is 5. The quantitative estimate of drug-likeness (QED) is 0.672. The van der Waals surface area contributed by atoms with Crippen LogP contribution in [-0.2, 0) is 9.22 Å². The Morgan fingerprint density at radius 1 is 1.33 bits per heavy atom. The van der Waals surface area contributed by atoms with Crippen molar-refractivity contribution in [3.05, 3.63) is 0 Å². The van der Waals surface area contributed by atoms with Crippen LogP contribution in [0.5, 0.6) is 0 Å². The fraction of sp³-hybridized carbons (Fsp3) is 0.917. The van der Waals surface area contributed by atoms with Crippen molar-refractivity contribution in [2.75, 3.05) is 0 Å². The monoisotopic (exact) mass is 230 g/mol. The summed E-state index contributed by atoms with van der Waals surface area (Å²) < 4.78 is 6.01. The zero-order valence-electron chi connectivity index (χ0n) is 11.3. The molecule has 0 aliphatic rings. The lowest BCUT2D eigenvalue weighted by Gasteiger charge is -2.38. The third-order valence-corrected chi connectivity index (χ3v) is 7.78. The van der Waals surface area contributed by atoms with E-state index in [1.165, 1.54) is 0 Å². The molecule has 0 aliphatic heterocycles. The van der Waals surface area contributed by atoms with Gasteiger partial charge in [-0.15, -0.1) is 0 Å². The highest BCUT2D eigenvalue weighted by atomic mass is 28.4. The van der Waals surface area contributed by atoms with Gasteiger partial charge in [-0.1, -0.05) is 27.7 Å². The van der Waals surface area contributed by atoms with Crippen LogP contribution in [0.2, 0.25) is 18.1 Å². The lowest BCUT2D eigenvalue weighted by molar-refractivity contribution is -0.125. The first-order valence-corrected chi connectivity index (χ1v) is 8.73. The molecule has 0 amide bonds. The molecule has 3 heteroatoms. The zero-order chi connectivity index (χ0) is 12.3. The van der Waals surface area contributed by atoms with Crippen LogP contribution in [0.25, 0.3) is 0 Å². The molecule has 0 bridgehead atoms. The van der Waals surface area contributed by atoms with Crippen molar-refractivity contribution in [1.82, 2.24) is 0 Å². The van der Waals surface area contributed by atoms with Crippen LogP contribution in [0.4, 0.5) is 0 Å². The molecular formula is C12H26O2Si. The van der Waals surface area contributed by atoms with E-state index in [9.17, 15) is 4.79 Å². The Bertz CT molecular complexity index is 216. The van der Waals surface area contributed by atoms with Gasteiger partial charge in [0, 0.05) is 6.42 Å². The summed E-state index contributed by atoms with van der Waals surface area (Å²) in [7, 11) is -1.78. The maximum atomic E-state index is 11.6. The minimum atomic E-state index is -1.78. The Kier molecular flexibility index (Phi) is 5.20. The summed E-state index contributed by atoms with van der Waals surface area (Å²) in [6.07, 6.45) is 1.31. The summed E-state index contributed by atoms with van der Waals surface area (Å²) in [5, 5.41) is 0.174. The highest BCUT2D eigenvalue weighted by Crippen LogP contribution is 2.37. The summed E-state index contributed by atoms with van der Waals surface area (Å²) in [6, 6.07) is 0. The van der Waals surface area contributed by atoms with Crippen molar-refractivity contribution in [2.24, 2.45) is 0 Å². The topological polar surface area (TPSA) is 26.3 Å². The fourth-order valence-electron chi connectivity index (χ4n) is 1.13. The standard InChI is InChI=1S/C12H26O2Si/c1-8-9-11(13)10(2)14-15(6,7)12(3,4)5/h10H,8-9H2,1-7H3/t10-/m0/s1. The minimum Gasteiger partial charge on any atom is -0.407 e. The number of Topliss-reactive ketones (excluding diaryl/α,β-unsaturated/α-hetero) is 1. The van der Waals surface area contributed by atoms with Gasteiger partial charge in [-0.3, -0.25) is 4.79 Å². The van der Waals surface area contributed by atoms with Gasteiger partial charge in [0.25, 0.3) is 0 Å². The Morgan fingerprint density at radius 3 is 2.13 bits per heavy atom. The average molecular weight is 230 g/mol. The van der Waals surface area contributed by atoms with Gasteiger partial charge in [0.15, 0.2) is 14.1 Å². The molecule has 0 aromatic rings. The molecule has 0 N–H and O–H groups in total. The Hall–Kier alpha value is -0.153. The summed E-state index contributed by atoms with van der Waals surface area (Å²) in [5.74, 6) is 0.238. The van der Waals surface area contributed by atoms with E-state index in [4.69, 9.17) is 4.43 Å². The Labute approximate surface area is 95.5 Å². The molecule has 0 heterocycles. The normalized spacial score (nSPS) is 15.1. The van der Waals surface area contributed by atoms with E-state index in [0.29, 0.717) is 6.42 Å². The molecule has 1 atom stereocenters. The first kappa shape index (κ1) is 14.8. The third kappa shape index (κ3) is 4.47. The highest BCUT2D eigenvalue weighted by molar-refractivity contribution is 6.74. The van der Waals surface area contributed by atoms with Crippen molar-refractivity contribution in [2.45, 2.75) is 71.7 Å². The smallest absolute Gasteiger partial charge is 0.193 e. The average Bonchev–Trinajstić information content (AvgIpc) is 2.01. The fourth-order valence-corrected chi connectivity index (χ4v) is 2.50. The van der Waals surface area contributed by atoms with Crippen LogP contribution >= 0.6 is 0 Å². The predicted octanol–water partition coefficient (Wildman–Crippen LogP) is 3.77. The molecule has 0 spiro atoms. The van der Waals surface area contributed by atoms with Crippen LogP contribution in [-0.4, -0.2) is 20.2 Å². The van der Waals surface area contributed by atoms with Gasteiger partial charge in [0.1, 0.15) is 6.10 Å². The van der Waals surface area contributed by atoms with E-state index < -0.39 is 8.32 Å². The van der Waals surface area contributed by atoms with E-state index in [1.54, 1.807) is 0 Å². The second-order valence-corrected chi connectivity index (χ2v) is 10.5. The number of ketones is 1. The number of hydrogen-bond donors (Lipinski definition) is 0. The SMILES string of the molecule is CCCC(=O)[C@H](C)O[Si](C)(C)C(C)(C)C. The van der Waals surface area contributed by atoms with E-state index >= 15 is 0 Å². The van der Waals surface area contributed by atoms with Crippen LogP contribution in [0, 0.1) is 0 Å². The van der Waals surface area contributed by atoms with E-state index in [-0.39, 0.29) is 16.9 Å². The summed E-state index contributed by atoms with van der Waals surface area (Å²) >= 11 is 0. The van der Waals surface area contributed by atoms with Gasteiger partial charge in [-0.2, -0.15) is 0 Å². The molecule has 15 heavy (non-hydrogen) atoms. The molecule has 0 aromatic carbocycles. The van der Waals surface area contributed by atoms with Gasteiger partial charge in [0.05, 0.1) is 0 Å². The molecule has 0 radical (unpaired) electrons. The lowest BCUT2D eigenvalue weighted by Crippen LogP contribution is -2.45. The van der Waals surface area contributed by atoms with Gasteiger partial charge >= 0.3 is 0 Å². The van der Waals surface area contributed by atoms with Crippen molar-refractivity contribution >= 4 is 14.1 Å². The number of carbonyl (C=O) groups excluding carboxylic acids is 1. The number of hydrogen-bond acceptors (Lipinski definition) is 2. The van der Waals surface area contributed by atoms with E-state index in [2.05, 4.69) is 33.9 Å². The van der Waals surface area contributed by atoms with Gasteiger partial charge in [0.2, 0.25) is 0 Å². The first-order chi connectivity index (χ1) is 6.62. The maximum Gasteiger partial charge on any atom is 0.193 e. The summed E-state index contributed by atoms with van der Waals surface area (Å²) in [5.41, 5.74) is 0. The molecule has 0 saturated heterocycles. The first-order valence-electron chi connectivity index (χ1n) is 5.82.